The van der Waals surface area contributed by atoms with Crippen LogP contribution in [0.2, 0.25) is 0 Å². The first-order valence-electron chi connectivity index (χ1n) is 9.90. The van der Waals surface area contributed by atoms with Crippen molar-refractivity contribution in [3.63, 3.8) is 0 Å². The molecule has 0 N–H and O–H groups in total. The van der Waals surface area contributed by atoms with Crippen molar-refractivity contribution in [2.45, 2.75) is 26.1 Å². The minimum absolute atomic E-state index is 0.0118. The molecule has 5 nitrogen and oxygen atoms in total. The zero-order valence-corrected chi connectivity index (χ0v) is 18.6. The van der Waals surface area contributed by atoms with Crippen molar-refractivity contribution in [2.75, 3.05) is 27.9 Å². The first kappa shape index (κ1) is 20.6. The fraction of sp³-hybridized carbons (Fsp3) is 0.333. The Hall–Kier alpha value is -2.70. The van der Waals surface area contributed by atoms with Crippen LogP contribution in [-0.4, -0.2) is 32.8 Å². The van der Waals surface area contributed by atoms with Crippen LogP contribution in [0, 0.1) is 6.92 Å². The van der Waals surface area contributed by atoms with Crippen LogP contribution in [0.25, 0.3) is 0 Å². The Bertz CT molecular complexity index is 977. The van der Waals surface area contributed by atoms with Gasteiger partial charge in [-0.2, -0.15) is 11.3 Å². The van der Waals surface area contributed by atoms with Crippen molar-refractivity contribution < 1.29 is 18.9 Å². The molecule has 0 aliphatic carbocycles. The molecule has 30 heavy (non-hydrogen) atoms. The summed E-state index contributed by atoms with van der Waals surface area (Å²) in [6.45, 7) is 4.47. The van der Waals surface area contributed by atoms with E-state index in [0.717, 1.165) is 30.9 Å². The van der Waals surface area contributed by atoms with Crippen molar-refractivity contribution in [3.05, 3.63) is 69.4 Å². The molecule has 0 fully saturated rings. The van der Waals surface area contributed by atoms with E-state index in [1.807, 2.05) is 12.1 Å². The number of hydrogen-bond donors (Lipinski definition) is 0. The number of methoxy groups -OCH3 is 3. The van der Waals surface area contributed by atoms with Gasteiger partial charge in [0, 0.05) is 30.8 Å². The average Bonchev–Trinajstić information content (AvgIpc) is 3.23. The number of benzene rings is 2. The molecule has 158 valence electrons. The van der Waals surface area contributed by atoms with Crippen LogP contribution in [0.15, 0.2) is 47.2 Å². The lowest BCUT2D eigenvalue weighted by Gasteiger charge is -2.24. The lowest BCUT2D eigenvalue weighted by Crippen LogP contribution is -2.27. The van der Waals surface area contributed by atoms with E-state index in [2.05, 4.69) is 46.8 Å². The average molecular weight is 426 g/mol. The van der Waals surface area contributed by atoms with Gasteiger partial charge in [-0.1, -0.05) is 17.7 Å². The molecule has 0 bridgehead atoms. The van der Waals surface area contributed by atoms with Gasteiger partial charge in [-0.15, -0.1) is 0 Å². The summed E-state index contributed by atoms with van der Waals surface area (Å²) in [6, 6.07) is 12.6. The molecule has 1 aliphatic rings. The van der Waals surface area contributed by atoms with E-state index in [-0.39, 0.29) is 6.10 Å². The van der Waals surface area contributed by atoms with Gasteiger partial charge < -0.3 is 18.9 Å². The quantitative estimate of drug-likeness (QED) is 0.542. The van der Waals surface area contributed by atoms with Crippen molar-refractivity contribution in [1.82, 2.24) is 4.90 Å². The van der Waals surface area contributed by atoms with E-state index in [1.165, 1.54) is 16.7 Å². The molecular formula is C24H27NO4S. The topological polar surface area (TPSA) is 40.2 Å². The fourth-order valence-corrected chi connectivity index (χ4v) is 4.62. The monoisotopic (exact) mass is 425 g/mol. The summed E-state index contributed by atoms with van der Waals surface area (Å²) < 4.78 is 23.0. The number of fused-ring (bicyclic) bond motifs is 1. The maximum absolute atomic E-state index is 6.45. The normalized spacial score (nSPS) is 16.3. The van der Waals surface area contributed by atoms with Crippen LogP contribution >= 0.6 is 11.3 Å². The molecule has 2 heterocycles. The molecule has 1 aromatic heterocycles. The molecule has 1 aliphatic heterocycles. The number of thiophene rings is 1. The zero-order chi connectivity index (χ0) is 21.1. The Morgan fingerprint density at radius 2 is 1.80 bits per heavy atom. The molecule has 3 aromatic rings. The molecule has 0 amide bonds. The number of rotatable bonds is 6. The van der Waals surface area contributed by atoms with Gasteiger partial charge in [0.05, 0.1) is 21.3 Å². The molecule has 1 unspecified atom stereocenters. The minimum atomic E-state index is -0.0118. The minimum Gasteiger partial charge on any atom is -0.493 e. The second kappa shape index (κ2) is 8.98. The predicted octanol–water partition coefficient (Wildman–Crippen LogP) is 5.22. The molecule has 6 heteroatoms. The van der Waals surface area contributed by atoms with E-state index < -0.39 is 0 Å². The molecular weight excluding hydrogens is 398 g/mol. The summed E-state index contributed by atoms with van der Waals surface area (Å²) in [5.74, 6) is 2.91. The number of nitrogens with zero attached hydrogens (tertiary/aromatic N) is 1. The highest BCUT2D eigenvalue weighted by molar-refractivity contribution is 7.07. The lowest BCUT2D eigenvalue weighted by molar-refractivity contribution is 0.144. The van der Waals surface area contributed by atoms with E-state index in [4.69, 9.17) is 18.9 Å². The predicted molar refractivity (Wildman–Crippen MR) is 119 cm³/mol. The van der Waals surface area contributed by atoms with Gasteiger partial charge in [-0.3, -0.25) is 4.90 Å². The highest BCUT2D eigenvalue weighted by Crippen LogP contribution is 2.39. The maximum atomic E-state index is 6.45. The van der Waals surface area contributed by atoms with Crippen LogP contribution in [0.3, 0.4) is 0 Å². The fourth-order valence-electron chi connectivity index (χ4n) is 3.91. The van der Waals surface area contributed by atoms with Crippen LogP contribution in [0.1, 0.15) is 28.4 Å². The van der Waals surface area contributed by atoms with Gasteiger partial charge in [0.2, 0.25) is 5.75 Å². The van der Waals surface area contributed by atoms with Gasteiger partial charge in [0.15, 0.2) is 11.5 Å². The van der Waals surface area contributed by atoms with Crippen molar-refractivity contribution in [3.8, 4) is 23.0 Å². The van der Waals surface area contributed by atoms with Crippen LogP contribution in [0.4, 0.5) is 0 Å². The Kier molecular flexibility index (Phi) is 6.16. The largest absolute Gasteiger partial charge is 0.493 e. The summed E-state index contributed by atoms with van der Waals surface area (Å²) in [5.41, 5.74) is 4.76. The number of ether oxygens (including phenoxy) is 4. The summed E-state index contributed by atoms with van der Waals surface area (Å²) >= 11 is 1.70. The summed E-state index contributed by atoms with van der Waals surface area (Å²) in [5, 5.41) is 4.27. The maximum Gasteiger partial charge on any atom is 0.203 e. The number of aryl methyl sites for hydroxylation is 1. The third-order valence-corrected chi connectivity index (χ3v) is 6.05. The molecule has 0 spiro atoms. The zero-order valence-electron chi connectivity index (χ0n) is 17.8. The van der Waals surface area contributed by atoms with Gasteiger partial charge >= 0.3 is 0 Å². The van der Waals surface area contributed by atoms with Crippen LogP contribution in [-0.2, 0) is 13.1 Å². The van der Waals surface area contributed by atoms with Gasteiger partial charge in [-0.05, 0) is 47.5 Å². The SMILES string of the molecule is COc1cc(CN2Cc3cc(C)ccc3OC(c3ccsc3)C2)cc(OC)c1OC. The number of hydrogen-bond acceptors (Lipinski definition) is 6. The van der Waals surface area contributed by atoms with Crippen molar-refractivity contribution in [1.29, 1.82) is 0 Å². The Labute approximate surface area is 181 Å². The Balaban J connectivity index is 1.67. The second-order valence-electron chi connectivity index (χ2n) is 7.48. The van der Waals surface area contributed by atoms with Gasteiger partial charge in [0.1, 0.15) is 11.9 Å². The van der Waals surface area contributed by atoms with Crippen LogP contribution in [0.5, 0.6) is 23.0 Å². The highest BCUT2D eigenvalue weighted by atomic mass is 32.1. The second-order valence-corrected chi connectivity index (χ2v) is 8.26. The third kappa shape index (κ3) is 4.25. The molecule has 1 atom stereocenters. The first-order chi connectivity index (χ1) is 14.6. The summed E-state index contributed by atoms with van der Waals surface area (Å²) in [7, 11) is 4.91. The third-order valence-electron chi connectivity index (χ3n) is 5.35. The highest BCUT2D eigenvalue weighted by Gasteiger charge is 2.25. The molecule has 0 saturated carbocycles. The molecule has 2 aromatic carbocycles. The molecule has 4 rings (SSSR count). The smallest absolute Gasteiger partial charge is 0.203 e. The Morgan fingerprint density at radius 1 is 1.03 bits per heavy atom. The summed E-state index contributed by atoms with van der Waals surface area (Å²) in [4.78, 5) is 2.41. The van der Waals surface area contributed by atoms with E-state index in [0.29, 0.717) is 17.2 Å². The van der Waals surface area contributed by atoms with E-state index >= 15 is 0 Å². The molecule has 0 radical (unpaired) electrons. The van der Waals surface area contributed by atoms with Gasteiger partial charge in [0.25, 0.3) is 0 Å². The van der Waals surface area contributed by atoms with Crippen molar-refractivity contribution >= 4 is 11.3 Å². The first-order valence-corrected chi connectivity index (χ1v) is 10.8. The van der Waals surface area contributed by atoms with Crippen molar-refractivity contribution in [2.24, 2.45) is 0 Å². The Morgan fingerprint density at radius 3 is 2.43 bits per heavy atom. The molecule has 0 saturated heterocycles. The van der Waals surface area contributed by atoms with E-state index in [1.54, 1.807) is 32.7 Å². The lowest BCUT2D eigenvalue weighted by atomic mass is 10.1. The standard InChI is InChI=1S/C24H27NO4S/c1-16-5-6-20-19(9-16)13-25(14-23(29-20)18-7-8-30-15-18)12-17-10-21(26-2)24(28-4)22(11-17)27-3/h5-11,15,23H,12-14H2,1-4H3. The van der Waals surface area contributed by atoms with Crippen LogP contribution < -0.4 is 18.9 Å². The summed E-state index contributed by atoms with van der Waals surface area (Å²) in [6.07, 6.45) is -0.0118. The van der Waals surface area contributed by atoms with Gasteiger partial charge in [-0.25, -0.2) is 0 Å². The van der Waals surface area contributed by atoms with E-state index in [9.17, 15) is 0 Å².